The molecule has 7 heteroatoms. The molecule has 0 aliphatic heterocycles. The summed E-state index contributed by atoms with van der Waals surface area (Å²) >= 11 is 1.40. The number of rotatable bonds is 5. The summed E-state index contributed by atoms with van der Waals surface area (Å²) in [6, 6.07) is 1.63. The lowest BCUT2D eigenvalue weighted by molar-refractivity contribution is -0.122. The first kappa shape index (κ1) is 13.7. The molecule has 0 aliphatic carbocycles. The molecule has 2 heterocycles. The third kappa shape index (κ3) is 3.18. The summed E-state index contributed by atoms with van der Waals surface area (Å²) in [5, 5.41) is 5.11. The van der Waals surface area contributed by atoms with Crippen molar-refractivity contribution in [3.05, 3.63) is 28.1 Å². The number of hydrogen-bond donors (Lipinski definition) is 1. The van der Waals surface area contributed by atoms with Crippen LogP contribution in [0.25, 0.3) is 10.2 Å². The minimum atomic E-state index is -0.233. The van der Waals surface area contributed by atoms with Crippen LogP contribution < -0.4 is 10.9 Å². The van der Waals surface area contributed by atoms with E-state index in [0.717, 1.165) is 0 Å². The molecule has 1 N–H and O–H groups in total. The van der Waals surface area contributed by atoms with Crippen LogP contribution in [0.2, 0.25) is 0 Å². The van der Waals surface area contributed by atoms with E-state index in [1.807, 2.05) is 12.3 Å². The summed E-state index contributed by atoms with van der Waals surface area (Å²) in [4.78, 5) is 28.7. The smallest absolute Gasteiger partial charge is 0.262 e. The molecule has 0 unspecified atom stereocenters. The van der Waals surface area contributed by atoms with Crippen molar-refractivity contribution in [2.24, 2.45) is 0 Å². The maximum atomic E-state index is 12.1. The number of thiophene rings is 1. The van der Waals surface area contributed by atoms with E-state index in [-0.39, 0.29) is 24.1 Å². The molecule has 19 heavy (non-hydrogen) atoms. The van der Waals surface area contributed by atoms with E-state index in [9.17, 15) is 9.59 Å². The normalized spacial score (nSPS) is 12.5. The number of carbonyl (C=O) groups excluding carboxylic acids is 1. The lowest BCUT2D eigenvalue weighted by Crippen LogP contribution is -2.39. The molecule has 2 aromatic heterocycles. The van der Waals surface area contributed by atoms with Crippen molar-refractivity contribution in [2.45, 2.75) is 19.5 Å². The molecule has 0 aliphatic rings. The van der Waals surface area contributed by atoms with E-state index in [1.165, 1.54) is 22.2 Å². The lowest BCUT2D eigenvalue weighted by atomic mass is 10.3. The molecule has 2 aromatic rings. The second-order valence-corrected chi connectivity index (χ2v) is 5.14. The molecule has 0 bridgehead atoms. The van der Waals surface area contributed by atoms with Gasteiger partial charge in [-0.3, -0.25) is 14.2 Å². The molecule has 0 aromatic carbocycles. The van der Waals surface area contributed by atoms with E-state index >= 15 is 0 Å². The zero-order valence-electron chi connectivity index (χ0n) is 10.8. The van der Waals surface area contributed by atoms with Crippen molar-refractivity contribution in [3.8, 4) is 0 Å². The lowest BCUT2D eigenvalue weighted by Gasteiger charge is -2.13. The first-order valence-electron chi connectivity index (χ1n) is 5.82. The summed E-state index contributed by atoms with van der Waals surface area (Å²) in [5.74, 6) is -0.233. The van der Waals surface area contributed by atoms with E-state index in [2.05, 4.69) is 10.3 Å². The van der Waals surface area contributed by atoms with E-state index in [0.29, 0.717) is 16.8 Å². The molecule has 2 rings (SSSR count). The Morgan fingerprint density at radius 1 is 1.63 bits per heavy atom. The highest BCUT2D eigenvalue weighted by Crippen LogP contribution is 2.13. The summed E-state index contributed by atoms with van der Waals surface area (Å²) in [5.41, 5.74) is -0.194. The molecule has 0 saturated heterocycles. The number of methoxy groups -OCH3 is 1. The van der Waals surface area contributed by atoms with Crippen molar-refractivity contribution in [1.29, 1.82) is 0 Å². The van der Waals surface area contributed by atoms with Crippen molar-refractivity contribution in [3.63, 3.8) is 0 Å². The van der Waals surface area contributed by atoms with Crippen molar-refractivity contribution < 1.29 is 9.53 Å². The van der Waals surface area contributed by atoms with Crippen LogP contribution >= 0.6 is 11.3 Å². The van der Waals surface area contributed by atoms with Gasteiger partial charge in [-0.2, -0.15) is 0 Å². The van der Waals surface area contributed by atoms with Crippen molar-refractivity contribution in [2.75, 3.05) is 13.7 Å². The number of nitrogens with zero attached hydrogens (tertiary/aromatic N) is 2. The van der Waals surface area contributed by atoms with Crippen LogP contribution in [0.4, 0.5) is 0 Å². The number of nitrogens with one attached hydrogen (secondary N) is 1. The molecule has 0 fully saturated rings. The highest BCUT2D eigenvalue weighted by atomic mass is 32.1. The van der Waals surface area contributed by atoms with Crippen LogP contribution in [-0.4, -0.2) is 35.2 Å². The largest absolute Gasteiger partial charge is 0.383 e. The van der Waals surface area contributed by atoms with E-state index in [1.54, 1.807) is 13.2 Å². The molecule has 1 amide bonds. The van der Waals surface area contributed by atoms with Gasteiger partial charge in [0, 0.05) is 13.2 Å². The Balaban J connectivity index is 2.11. The van der Waals surface area contributed by atoms with Crippen molar-refractivity contribution >= 4 is 27.5 Å². The molecule has 102 valence electrons. The van der Waals surface area contributed by atoms with Gasteiger partial charge in [-0.25, -0.2) is 4.98 Å². The monoisotopic (exact) mass is 281 g/mol. The predicted octanol–water partition coefficient (Wildman–Crippen LogP) is 0.609. The fourth-order valence-corrected chi connectivity index (χ4v) is 2.50. The fourth-order valence-electron chi connectivity index (χ4n) is 1.77. The van der Waals surface area contributed by atoms with Gasteiger partial charge in [0.05, 0.1) is 18.3 Å². The second kappa shape index (κ2) is 5.94. The second-order valence-electron chi connectivity index (χ2n) is 4.24. The molecule has 6 nitrogen and oxygen atoms in total. The number of carbonyl (C=O) groups is 1. The van der Waals surface area contributed by atoms with Gasteiger partial charge in [0.15, 0.2) is 0 Å². The molecule has 0 saturated carbocycles. The van der Waals surface area contributed by atoms with Gasteiger partial charge in [-0.1, -0.05) is 0 Å². The Kier molecular flexibility index (Phi) is 4.28. The highest BCUT2D eigenvalue weighted by Gasteiger charge is 2.10. The Bertz CT molecular complexity index is 634. The fraction of sp³-hybridized carbons (Fsp3) is 0.417. The SMILES string of the molecule is COC[C@H](C)NC(=O)Cn1cnc2sccc2c1=O. The third-order valence-electron chi connectivity index (χ3n) is 2.59. The van der Waals surface area contributed by atoms with E-state index in [4.69, 9.17) is 4.74 Å². The number of fused-ring (bicyclic) bond motifs is 1. The van der Waals surface area contributed by atoms with Gasteiger partial charge in [-0.15, -0.1) is 11.3 Å². The van der Waals surface area contributed by atoms with E-state index < -0.39 is 0 Å². The van der Waals surface area contributed by atoms with Gasteiger partial charge >= 0.3 is 0 Å². The van der Waals surface area contributed by atoms with Gasteiger partial charge in [0.2, 0.25) is 5.91 Å². The molecular weight excluding hydrogens is 266 g/mol. The van der Waals surface area contributed by atoms with Crippen LogP contribution in [0, 0.1) is 0 Å². The van der Waals surface area contributed by atoms with Gasteiger partial charge in [0.25, 0.3) is 5.56 Å². The maximum Gasteiger partial charge on any atom is 0.262 e. The Labute approximate surface area is 114 Å². The summed E-state index contributed by atoms with van der Waals surface area (Å²) < 4.78 is 6.24. The topological polar surface area (TPSA) is 73.2 Å². The number of hydrogen-bond acceptors (Lipinski definition) is 5. The quantitative estimate of drug-likeness (QED) is 0.871. The highest BCUT2D eigenvalue weighted by molar-refractivity contribution is 7.16. The summed E-state index contributed by atoms with van der Waals surface area (Å²) in [7, 11) is 1.57. The number of amides is 1. The average molecular weight is 281 g/mol. The Morgan fingerprint density at radius 2 is 2.42 bits per heavy atom. The van der Waals surface area contributed by atoms with Crippen LogP contribution in [0.5, 0.6) is 0 Å². The molecule has 1 atom stereocenters. The maximum absolute atomic E-state index is 12.1. The predicted molar refractivity (Wildman–Crippen MR) is 73.4 cm³/mol. The zero-order valence-corrected chi connectivity index (χ0v) is 11.6. The van der Waals surface area contributed by atoms with Gasteiger partial charge in [-0.05, 0) is 18.4 Å². The Morgan fingerprint density at radius 3 is 3.16 bits per heavy atom. The third-order valence-corrected chi connectivity index (χ3v) is 3.41. The van der Waals surface area contributed by atoms with Crippen LogP contribution in [0.3, 0.4) is 0 Å². The molecular formula is C12H15N3O3S. The van der Waals surface area contributed by atoms with Crippen LogP contribution in [0.15, 0.2) is 22.6 Å². The van der Waals surface area contributed by atoms with Crippen molar-refractivity contribution in [1.82, 2.24) is 14.9 Å². The number of aromatic nitrogens is 2. The standard InChI is InChI=1S/C12H15N3O3S/c1-8(6-18-2)14-10(16)5-15-7-13-11-9(12(15)17)3-4-19-11/h3-4,7-8H,5-6H2,1-2H3,(H,14,16)/t8-/m0/s1. The van der Waals surface area contributed by atoms with Crippen LogP contribution in [0.1, 0.15) is 6.92 Å². The van der Waals surface area contributed by atoms with Gasteiger partial charge in [0.1, 0.15) is 11.4 Å². The summed E-state index contributed by atoms with van der Waals surface area (Å²) in [6.45, 7) is 2.23. The van der Waals surface area contributed by atoms with Crippen LogP contribution in [-0.2, 0) is 16.1 Å². The zero-order chi connectivity index (χ0) is 13.8. The molecule has 0 radical (unpaired) electrons. The van der Waals surface area contributed by atoms with Gasteiger partial charge < -0.3 is 10.1 Å². The molecule has 0 spiro atoms. The average Bonchev–Trinajstić information content (AvgIpc) is 2.82. The first-order valence-corrected chi connectivity index (χ1v) is 6.70. The first-order chi connectivity index (χ1) is 9.11. The minimum absolute atomic E-state index is 0.0360. The Hall–Kier alpha value is -1.73. The number of ether oxygens (including phenoxy) is 1. The summed E-state index contributed by atoms with van der Waals surface area (Å²) in [6.07, 6.45) is 1.40. The minimum Gasteiger partial charge on any atom is -0.383 e.